The highest BCUT2D eigenvalue weighted by Crippen LogP contribution is 2.39. The predicted octanol–water partition coefficient (Wildman–Crippen LogP) is -0.868. The molecule has 2 heterocycles. The highest BCUT2D eigenvalue weighted by Gasteiger charge is 2.62. The van der Waals surface area contributed by atoms with Crippen LogP contribution in [-0.2, 0) is 42.8 Å². The van der Waals surface area contributed by atoms with E-state index in [1.807, 2.05) is 0 Å². The molecule has 0 saturated carbocycles. The van der Waals surface area contributed by atoms with Crippen molar-refractivity contribution in [3.05, 3.63) is 59.7 Å². The molecule has 0 radical (unpaired) electrons. The monoisotopic (exact) mass is 736 g/mol. The first kappa shape index (κ1) is 40.0. The van der Waals surface area contributed by atoms with Gasteiger partial charge in [-0.25, -0.2) is 9.59 Å². The van der Waals surface area contributed by atoms with Crippen LogP contribution in [0.2, 0.25) is 0 Å². The van der Waals surface area contributed by atoms with Gasteiger partial charge >= 0.3 is 17.9 Å². The maximum Gasteiger partial charge on any atom is 0.331 e. The fraction of sp³-hybridized carbons (Fsp3) is 0.441. The third kappa shape index (κ3) is 9.35. The van der Waals surface area contributed by atoms with E-state index >= 15 is 0 Å². The predicted molar refractivity (Wildman–Crippen MR) is 173 cm³/mol. The summed E-state index contributed by atoms with van der Waals surface area (Å²) in [6.07, 6.45) is -9.54. The second-order valence-corrected chi connectivity index (χ2v) is 11.5. The second kappa shape index (κ2) is 17.6. The maximum absolute atomic E-state index is 13.1. The summed E-state index contributed by atoms with van der Waals surface area (Å²) in [5.74, 6) is -5.38. The summed E-state index contributed by atoms with van der Waals surface area (Å²) in [6, 6.07) is 8.51. The smallest absolute Gasteiger partial charge is 0.331 e. The van der Waals surface area contributed by atoms with Crippen molar-refractivity contribution in [3.63, 3.8) is 0 Å². The number of aliphatic hydroxyl groups excluding tert-OH is 5. The molecule has 2 aromatic carbocycles. The van der Waals surface area contributed by atoms with Crippen molar-refractivity contribution < 1.29 is 88.0 Å². The molecule has 2 aliphatic heterocycles. The number of aliphatic hydroxyl groups is 5. The quantitative estimate of drug-likeness (QED) is 0.0706. The number of phenolic OH excluding ortho intramolecular Hbond substituents is 2. The third-order valence-corrected chi connectivity index (χ3v) is 8.00. The van der Waals surface area contributed by atoms with Crippen LogP contribution in [0.5, 0.6) is 23.0 Å². The highest BCUT2D eigenvalue weighted by atomic mass is 16.8. The molecular formula is C34H40O18. The van der Waals surface area contributed by atoms with Crippen molar-refractivity contribution in [1.82, 2.24) is 0 Å². The first-order valence-electron chi connectivity index (χ1n) is 15.7. The molecule has 0 amide bonds. The molecule has 4 rings (SSSR count). The van der Waals surface area contributed by atoms with E-state index in [0.29, 0.717) is 11.1 Å². The Labute approximate surface area is 296 Å². The van der Waals surface area contributed by atoms with Crippen molar-refractivity contribution in [2.24, 2.45) is 0 Å². The van der Waals surface area contributed by atoms with Crippen molar-refractivity contribution in [2.75, 3.05) is 34.0 Å². The number of hydrogen-bond acceptors (Lipinski definition) is 18. The zero-order chi connectivity index (χ0) is 38.2. The molecule has 0 spiro atoms. The van der Waals surface area contributed by atoms with E-state index in [9.17, 15) is 50.1 Å². The number of esters is 3. The lowest BCUT2D eigenvalue weighted by atomic mass is 9.98. The maximum atomic E-state index is 13.1. The van der Waals surface area contributed by atoms with E-state index in [4.69, 9.17) is 37.9 Å². The molecule has 0 unspecified atom stereocenters. The van der Waals surface area contributed by atoms with Crippen LogP contribution in [0.15, 0.2) is 48.6 Å². The minimum absolute atomic E-state index is 0.115. The van der Waals surface area contributed by atoms with Crippen molar-refractivity contribution in [3.8, 4) is 23.0 Å². The number of carbonyl (C=O) groups is 3. The third-order valence-electron chi connectivity index (χ3n) is 8.00. The largest absolute Gasteiger partial charge is 0.504 e. The molecule has 18 nitrogen and oxygen atoms in total. The number of hydrogen-bond donors (Lipinski definition) is 7. The SMILES string of the molecule is COc1cc(/C=C/C(=O)OC[C@@H]2O[C@H](O[C@]3(CO)O[C@H](CO)[C@@H](OC(C)=O)[C@@H]3OC(=O)/C=C/c3ccc(O)c(OC)c3)[C@H](O)[C@@H](O)[C@@H]2O)ccc1O. The van der Waals surface area contributed by atoms with Gasteiger partial charge in [0.1, 0.15) is 43.7 Å². The summed E-state index contributed by atoms with van der Waals surface area (Å²) in [5, 5.41) is 72.2. The number of rotatable bonds is 14. The molecule has 0 bridgehead atoms. The zero-order valence-corrected chi connectivity index (χ0v) is 28.1. The van der Waals surface area contributed by atoms with E-state index in [1.165, 1.54) is 62.8 Å². The van der Waals surface area contributed by atoms with Crippen LogP contribution >= 0.6 is 0 Å². The average molecular weight is 737 g/mol. The van der Waals surface area contributed by atoms with Crippen LogP contribution in [0.4, 0.5) is 0 Å². The minimum atomic E-state index is -2.51. The van der Waals surface area contributed by atoms with Gasteiger partial charge in [0.05, 0.1) is 20.8 Å². The summed E-state index contributed by atoms with van der Waals surface area (Å²) in [6.45, 7) is -1.64. The van der Waals surface area contributed by atoms with Crippen molar-refractivity contribution >= 4 is 30.1 Å². The Bertz CT molecular complexity index is 1630. The summed E-state index contributed by atoms with van der Waals surface area (Å²) in [7, 11) is 2.68. The summed E-state index contributed by atoms with van der Waals surface area (Å²) < 4.78 is 43.2. The molecule has 0 aliphatic carbocycles. The van der Waals surface area contributed by atoms with E-state index in [2.05, 4.69) is 0 Å². The van der Waals surface area contributed by atoms with Gasteiger partial charge in [0.2, 0.25) is 5.79 Å². The summed E-state index contributed by atoms with van der Waals surface area (Å²) in [5.41, 5.74) is 0.871. The zero-order valence-electron chi connectivity index (χ0n) is 28.1. The molecule has 2 aromatic rings. The Morgan fingerprint density at radius 1 is 0.808 bits per heavy atom. The summed E-state index contributed by atoms with van der Waals surface area (Å²) >= 11 is 0. The van der Waals surface area contributed by atoms with Gasteiger partial charge in [0, 0.05) is 19.1 Å². The first-order chi connectivity index (χ1) is 24.7. The van der Waals surface area contributed by atoms with E-state index in [-0.39, 0.29) is 23.0 Å². The molecule has 18 heteroatoms. The Balaban J connectivity index is 1.52. The van der Waals surface area contributed by atoms with Gasteiger partial charge in [-0.15, -0.1) is 0 Å². The van der Waals surface area contributed by atoms with Crippen molar-refractivity contribution in [1.29, 1.82) is 0 Å². The van der Waals surface area contributed by atoms with E-state index in [0.717, 1.165) is 19.1 Å². The number of aromatic hydroxyl groups is 2. The topological polar surface area (TPSA) is 267 Å². The van der Waals surface area contributed by atoms with Gasteiger partial charge in [-0.1, -0.05) is 12.1 Å². The Kier molecular flexibility index (Phi) is 13.6. The van der Waals surface area contributed by atoms with Crippen molar-refractivity contribution in [2.45, 2.75) is 61.7 Å². The molecular weight excluding hydrogens is 696 g/mol. The van der Waals surface area contributed by atoms with Gasteiger partial charge in [-0.05, 0) is 47.5 Å². The van der Waals surface area contributed by atoms with Gasteiger partial charge in [0.15, 0.2) is 41.5 Å². The van der Waals surface area contributed by atoms with Crippen LogP contribution in [0.1, 0.15) is 18.1 Å². The normalized spacial score (nSPS) is 28.8. The number of ether oxygens (including phenoxy) is 8. The Morgan fingerprint density at radius 2 is 1.38 bits per heavy atom. The van der Waals surface area contributed by atoms with Crippen LogP contribution in [-0.4, -0.2) is 142 Å². The Hall–Kier alpha value is -4.79. The number of benzene rings is 2. The number of phenols is 2. The standard InChI is InChI=1S/C34H40O18/c1-17(37)48-31-24(14-35)51-34(16-36,32(31)50-27(41)11-7-19-5-9-21(39)23(13-19)46-3)52-33-30(44)29(43)28(42)25(49-33)15-47-26(40)10-6-18-4-8-20(38)22(12-18)45-2/h4-13,24-25,28-33,35-36,38-39,42-44H,14-16H2,1-3H3/b10-6+,11-7+/t24-,25+,28-,29+,30-,31-,32+,33-,34+/m1/s1. The molecule has 284 valence electrons. The van der Waals surface area contributed by atoms with E-state index < -0.39 is 92.5 Å². The fourth-order valence-electron chi connectivity index (χ4n) is 5.37. The van der Waals surface area contributed by atoms with Gasteiger partial charge in [0.25, 0.3) is 0 Å². The minimum Gasteiger partial charge on any atom is -0.504 e. The Morgan fingerprint density at radius 3 is 1.90 bits per heavy atom. The number of carbonyl (C=O) groups excluding carboxylic acids is 3. The van der Waals surface area contributed by atoms with E-state index in [1.54, 1.807) is 0 Å². The molecule has 52 heavy (non-hydrogen) atoms. The molecule has 7 N–H and O–H groups in total. The molecule has 2 saturated heterocycles. The molecule has 2 fully saturated rings. The van der Waals surface area contributed by atoms with Gasteiger partial charge in [-0.2, -0.15) is 0 Å². The second-order valence-electron chi connectivity index (χ2n) is 11.5. The first-order valence-corrected chi connectivity index (χ1v) is 15.7. The fourth-order valence-corrected chi connectivity index (χ4v) is 5.37. The van der Waals surface area contributed by atoms with Crippen LogP contribution in [0, 0.1) is 0 Å². The molecule has 9 atom stereocenters. The number of methoxy groups -OCH3 is 2. The average Bonchev–Trinajstić information content (AvgIpc) is 3.41. The van der Waals surface area contributed by atoms with Crippen LogP contribution in [0.3, 0.4) is 0 Å². The molecule has 2 aliphatic rings. The molecule has 0 aromatic heterocycles. The lowest BCUT2D eigenvalue weighted by molar-refractivity contribution is -0.383. The van der Waals surface area contributed by atoms with Crippen LogP contribution in [0.25, 0.3) is 12.2 Å². The van der Waals surface area contributed by atoms with Gasteiger partial charge in [-0.3, -0.25) is 4.79 Å². The van der Waals surface area contributed by atoms with Crippen LogP contribution < -0.4 is 9.47 Å². The summed E-state index contributed by atoms with van der Waals surface area (Å²) in [4.78, 5) is 37.5. The lowest BCUT2D eigenvalue weighted by Crippen LogP contribution is -2.63. The highest BCUT2D eigenvalue weighted by molar-refractivity contribution is 5.88. The lowest BCUT2D eigenvalue weighted by Gasteiger charge is -2.43. The van der Waals surface area contributed by atoms with Gasteiger partial charge < -0.3 is 73.6 Å².